The first-order valence-corrected chi connectivity index (χ1v) is 7.55. The lowest BCUT2D eigenvalue weighted by Gasteiger charge is -2.19. The molecule has 3 aromatic rings. The lowest BCUT2D eigenvalue weighted by molar-refractivity contribution is -0.120. The molecule has 0 spiro atoms. The predicted molar refractivity (Wildman–Crippen MR) is 82.3 cm³/mol. The van der Waals surface area contributed by atoms with Crippen LogP contribution in [-0.4, -0.2) is 36.5 Å². The number of nitrogens with zero attached hydrogens (tertiary/aromatic N) is 4. The Morgan fingerprint density at radius 1 is 1.29 bits per heavy atom. The Hall–Kier alpha value is -3.10. The van der Waals surface area contributed by atoms with Gasteiger partial charge < -0.3 is 5.32 Å². The molecule has 0 aliphatic heterocycles. The van der Waals surface area contributed by atoms with Gasteiger partial charge in [-0.1, -0.05) is 0 Å². The smallest absolute Gasteiger partial charge is 0.227 e. The number of aryl methyl sites for hydroxylation is 1. The maximum atomic E-state index is 13.9. The predicted octanol–water partition coefficient (Wildman–Crippen LogP) is 1.47. The summed E-state index contributed by atoms with van der Waals surface area (Å²) in [4.78, 5) is 16.4. The van der Waals surface area contributed by atoms with Crippen molar-refractivity contribution < 1.29 is 9.18 Å². The van der Waals surface area contributed by atoms with E-state index in [1.165, 1.54) is 24.5 Å². The van der Waals surface area contributed by atoms with Gasteiger partial charge in [-0.25, -0.2) is 9.37 Å². The molecule has 8 nitrogen and oxygen atoms in total. The number of halogens is 1. The first-order chi connectivity index (χ1) is 11.7. The normalized spacial score (nSPS) is 16.6. The Bertz CT molecular complexity index is 874. The van der Waals surface area contributed by atoms with E-state index >= 15 is 0 Å². The molecule has 1 unspecified atom stereocenters. The standard InChI is InChI=1S/C15H14FN7O/c16-11-3-2-9(6-10(11)14-17-7-18-22-14)19-15(24)8-1-4-12-13(5-8)21-23-20-12/h2-3,6-8H,1,4-5H2,(H,19,24)(H,17,18,22)(H,20,21,23). The van der Waals surface area contributed by atoms with Crippen LogP contribution in [0.1, 0.15) is 17.8 Å². The van der Waals surface area contributed by atoms with Gasteiger partial charge in [-0.2, -0.15) is 20.5 Å². The number of fused-ring (bicyclic) bond motifs is 1. The van der Waals surface area contributed by atoms with Gasteiger partial charge in [-0.3, -0.25) is 9.89 Å². The number of carbonyl (C=O) groups excluding carboxylic acids is 1. The second-order valence-electron chi connectivity index (χ2n) is 5.67. The molecule has 0 radical (unpaired) electrons. The highest BCUT2D eigenvalue weighted by Crippen LogP contribution is 2.26. The summed E-state index contributed by atoms with van der Waals surface area (Å²) in [7, 11) is 0. The van der Waals surface area contributed by atoms with Crippen LogP contribution in [0.25, 0.3) is 11.4 Å². The minimum absolute atomic E-state index is 0.112. The molecule has 9 heteroatoms. The number of hydrogen-bond acceptors (Lipinski definition) is 5. The van der Waals surface area contributed by atoms with Gasteiger partial charge in [-0.15, -0.1) is 0 Å². The lowest BCUT2D eigenvalue weighted by Crippen LogP contribution is -2.28. The van der Waals surface area contributed by atoms with E-state index in [0.29, 0.717) is 24.4 Å². The molecule has 1 atom stereocenters. The molecule has 122 valence electrons. The average Bonchev–Trinajstić information content (AvgIpc) is 3.27. The van der Waals surface area contributed by atoms with Crippen LogP contribution in [0.3, 0.4) is 0 Å². The molecule has 0 bridgehead atoms. The van der Waals surface area contributed by atoms with E-state index in [0.717, 1.165) is 17.8 Å². The Labute approximate surface area is 135 Å². The van der Waals surface area contributed by atoms with Crippen molar-refractivity contribution in [2.24, 2.45) is 5.92 Å². The number of aromatic nitrogens is 6. The molecule has 2 aromatic heterocycles. The first-order valence-electron chi connectivity index (χ1n) is 7.55. The second kappa shape index (κ2) is 5.84. The number of anilines is 1. The number of H-pyrrole nitrogens is 2. The van der Waals surface area contributed by atoms with Crippen molar-refractivity contribution in [1.29, 1.82) is 0 Å². The van der Waals surface area contributed by atoms with E-state index in [1.807, 2.05) is 0 Å². The number of rotatable bonds is 3. The number of nitrogens with one attached hydrogen (secondary N) is 3. The van der Waals surface area contributed by atoms with E-state index in [9.17, 15) is 9.18 Å². The highest BCUT2D eigenvalue weighted by Gasteiger charge is 2.27. The maximum absolute atomic E-state index is 13.9. The molecule has 24 heavy (non-hydrogen) atoms. The van der Waals surface area contributed by atoms with Gasteiger partial charge >= 0.3 is 0 Å². The molecule has 0 saturated carbocycles. The summed E-state index contributed by atoms with van der Waals surface area (Å²) in [5.41, 5.74) is 2.53. The van der Waals surface area contributed by atoms with Crippen LogP contribution in [-0.2, 0) is 17.6 Å². The van der Waals surface area contributed by atoms with Crippen molar-refractivity contribution in [1.82, 2.24) is 30.6 Å². The third-order valence-corrected chi connectivity index (χ3v) is 4.15. The van der Waals surface area contributed by atoms with E-state index in [-0.39, 0.29) is 17.4 Å². The summed E-state index contributed by atoms with van der Waals surface area (Å²) in [5.74, 6) is -0.414. The molecule has 1 amide bonds. The Morgan fingerprint density at radius 3 is 3.00 bits per heavy atom. The van der Waals surface area contributed by atoms with Crippen LogP contribution in [0.5, 0.6) is 0 Å². The number of aromatic amines is 2. The highest BCUT2D eigenvalue weighted by molar-refractivity contribution is 5.93. The summed E-state index contributed by atoms with van der Waals surface area (Å²) in [5, 5.41) is 19.9. The van der Waals surface area contributed by atoms with Crippen molar-refractivity contribution in [3.8, 4) is 11.4 Å². The fourth-order valence-corrected chi connectivity index (χ4v) is 2.87. The van der Waals surface area contributed by atoms with Gasteiger partial charge in [0, 0.05) is 18.0 Å². The summed E-state index contributed by atoms with van der Waals surface area (Å²) in [6.45, 7) is 0. The SMILES string of the molecule is O=C(Nc1ccc(F)c(-c2ncn[nH]2)c1)C1CCc2n[nH]nc2C1. The van der Waals surface area contributed by atoms with Crippen molar-refractivity contribution in [3.63, 3.8) is 0 Å². The van der Waals surface area contributed by atoms with Gasteiger partial charge in [0.25, 0.3) is 0 Å². The molecule has 0 fully saturated rings. The molecule has 1 aliphatic carbocycles. The quantitative estimate of drug-likeness (QED) is 0.674. The second-order valence-corrected chi connectivity index (χ2v) is 5.67. The summed E-state index contributed by atoms with van der Waals surface area (Å²) in [6.07, 6.45) is 3.28. The van der Waals surface area contributed by atoms with Crippen LogP contribution in [0.4, 0.5) is 10.1 Å². The zero-order chi connectivity index (χ0) is 16.5. The lowest BCUT2D eigenvalue weighted by atomic mass is 9.89. The largest absolute Gasteiger partial charge is 0.326 e. The monoisotopic (exact) mass is 327 g/mol. The molecular formula is C15H14FN7O. The number of amides is 1. The van der Waals surface area contributed by atoms with Crippen LogP contribution in [0, 0.1) is 11.7 Å². The van der Waals surface area contributed by atoms with E-state index < -0.39 is 5.82 Å². The van der Waals surface area contributed by atoms with Crippen molar-refractivity contribution in [2.45, 2.75) is 19.3 Å². The minimum Gasteiger partial charge on any atom is -0.326 e. The van der Waals surface area contributed by atoms with E-state index in [1.54, 1.807) is 0 Å². The fourth-order valence-electron chi connectivity index (χ4n) is 2.87. The molecular weight excluding hydrogens is 313 g/mol. The van der Waals surface area contributed by atoms with Crippen LogP contribution in [0.2, 0.25) is 0 Å². The van der Waals surface area contributed by atoms with Crippen molar-refractivity contribution >= 4 is 11.6 Å². The number of hydrogen-bond donors (Lipinski definition) is 3. The van der Waals surface area contributed by atoms with Crippen LogP contribution < -0.4 is 5.32 Å². The molecule has 1 aliphatic rings. The topological polar surface area (TPSA) is 112 Å². The Kier molecular flexibility index (Phi) is 3.52. The average molecular weight is 327 g/mol. The highest BCUT2D eigenvalue weighted by atomic mass is 19.1. The first kappa shape index (κ1) is 14.5. The van der Waals surface area contributed by atoms with Gasteiger partial charge in [0.1, 0.15) is 12.1 Å². The molecule has 4 rings (SSSR count). The van der Waals surface area contributed by atoms with Gasteiger partial charge in [0.05, 0.1) is 17.0 Å². The van der Waals surface area contributed by atoms with Crippen LogP contribution in [0.15, 0.2) is 24.5 Å². The van der Waals surface area contributed by atoms with Gasteiger partial charge in [0.15, 0.2) is 5.82 Å². The van der Waals surface area contributed by atoms with Gasteiger partial charge in [0.2, 0.25) is 5.91 Å². The van der Waals surface area contributed by atoms with Gasteiger partial charge in [-0.05, 0) is 31.0 Å². The minimum atomic E-state index is -0.436. The molecule has 0 saturated heterocycles. The summed E-state index contributed by atoms with van der Waals surface area (Å²) >= 11 is 0. The fraction of sp³-hybridized carbons (Fsp3) is 0.267. The Balaban J connectivity index is 1.51. The number of carbonyl (C=O) groups is 1. The van der Waals surface area contributed by atoms with E-state index in [2.05, 4.69) is 35.9 Å². The Morgan fingerprint density at radius 2 is 2.17 bits per heavy atom. The molecule has 2 heterocycles. The number of benzene rings is 1. The third-order valence-electron chi connectivity index (χ3n) is 4.15. The zero-order valence-electron chi connectivity index (χ0n) is 12.6. The molecule has 3 N–H and O–H groups in total. The van der Waals surface area contributed by atoms with Crippen molar-refractivity contribution in [3.05, 3.63) is 41.7 Å². The van der Waals surface area contributed by atoms with Crippen LogP contribution >= 0.6 is 0 Å². The molecule has 1 aromatic carbocycles. The zero-order valence-corrected chi connectivity index (χ0v) is 12.6. The van der Waals surface area contributed by atoms with Crippen molar-refractivity contribution in [2.75, 3.05) is 5.32 Å². The maximum Gasteiger partial charge on any atom is 0.227 e. The summed E-state index contributed by atoms with van der Waals surface area (Å²) in [6, 6.07) is 4.36. The van der Waals surface area contributed by atoms with E-state index in [4.69, 9.17) is 0 Å². The third kappa shape index (κ3) is 2.64. The summed E-state index contributed by atoms with van der Waals surface area (Å²) < 4.78 is 13.9.